The monoisotopic (exact) mass is 231 g/mol. The Kier molecular flexibility index (Phi) is 3.60. The molecule has 66 valence electrons. The Bertz CT molecular complexity index is 233. The number of phenols is 1. The minimum absolute atomic E-state index is 0.277. The fourth-order valence-electron chi connectivity index (χ4n) is 0.770. The number of rotatable bonds is 3. The van der Waals surface area contributed by atoms with E-state index in [1.54, 1.807) is 12.1 Å². The number of aromatic hydroxyl groups is 1. The van der Waals surface area contributed by atoms with Gasteiger partial charge in [-0.3, -0.25) is 0 Å². The van der Waals surface area contributed by atoms with Crippen molar-refractivity contribution in [3.63, 3.8) is 0 Å². The first kappa shape index (κ1) is 9.59. The quantitative estimate of drug-likeness (QED) is 0.742. The molecule has 0 fully saturated rings. The predicted molar refractivity (Wildman–Crippen MR) is 52.0 cm³/mol. The summed E-state index contributed by atoms with van der Waals surface area (Å²) in [5.74, 6) is 0.329. The van der Waals surface area contributed by atoms with Gasteiger partial charge in [-0.2, -0.15) is 0 Å². The standard InChI is InChI=1S/C9H13NOSe/c1-7(10)6-12-9-4-2-8(11)3-5-9/h2-5,7,11H,6,10H2,1H3. The molecule has 2 nitrogen and oxygen atoms in total. The zero-order chi connectivity index (χ0) is 8.97. The third kappa shape index (κ3) is 3.26. The van der Waals surface area contributed by atoms with Crippen LogP contribution in [-0.2, 0) is 0 Å². The number of phenolic OH excluding ortho intramolecular Hbond substituents is 1. The Balaban J connectivity index is 2.48. The molecular weight excluding hydrogens is 217 g/mol. The van der Waals surface area contributed by atoms with E-state index in [0.29, 0.717) is 20.7 Å². The Morgan fingerprint density at radius 3 is 2.50 bits per heavy atom. The van der Waals surface area contributed by atoms with E-state index in [2.05, 4.69) is 0 Å². The molecule has 0 bridgehead atoms. The second-order valence-corrected chi connectivity index (χ2v) is 5.08. The van der Waals surface area contributed by atoms with Crippen LogP contribution in [0.1, 0.15) is 6.92 Å². The Morgan fingerprint density at radius 1 is 1.42 bits per heavy atom. The molecule has 0 spiro atoms. The Labute approximate surface area is 78.9 Å². The van der Waals surface area contributed by atoms with E-state index in [-0.39, 0.29) is 6.04 Å². The zero-order valence-electron chi connectivity index (χ0n) is 7.03. The first-order valence-corrected chi connectivity index (χ1v) is 5.92. The van der Waals surface area contributed by atoms with E-state index in [0.717, 1.165) is 5.32 Å². The zero-order valence-corrected chi connectivity index (χ0v) is 8.74. The summed E-state index contributed by atoms with van der Waals surface area (Å²) in [6.45, 7) is 2.02. The van der Waals surface area contributed by atoms with Crippen molar-refractivity contribution < 1.29 is 5.11 Å². The summed E-state index contributed by atoms with van der Waals surface area (Å²) in [7, 11) is 0. The summed E-state index contributed by atoms with van der Waals surface area (Å²) in [4.78, 5) is 0. The van der Waals surface area contributed by atoms with E-state index < -0.39 is 0 Å². The summed E-state index contributed by atoms with van der Waals surface area (Å²) in [6.07, 6.45) is 0. The van der Waals surface area contributed by atoms with Gasteiger partial charge in [0.05, 0.1) is 0 Å². The Morgan fingerprint density at radius 2 is 2.00 bits per heavy atom. The minimum atomic E-state index is 0.277. The van der Waals surface area contributed by atoms with E-state index in [1.807, 2.05) is 19.1 Å². The normalized spacial score (nSPS) is 12.8. The van der Waals surface area contributed by atoms with Gasteiger partial charge in [0.2, 0.25) is 0 Å². The van der Waals surface area contributed by atoms with Gasteiger partial charge in [0.15, 0.2) is 0 Å². The third-order valence-corrected chi connectivity index (χ3v) is 4.07. The maximum atomic E-state index is 9.02. The van der Waals surface area contributed by atoms with Crippen molar-refractivity contribution in [2.24, 2.45) is 5.73 Å². The van der Waals surface area contributed by atoms with Crippen molar-refractivity contribution >= 4 is 19.4 Å². The fraction of sp³-hybridized carbons (Fsp3) is 0.333. The van der Waals surface area contributed by atoms with Crippen LogP contribution in [0.2, 0.25) is 5.32 Å². The van der Waals surface area contributed by atoms with Crippen LogP contribution in [0.15, 0.2) is 24.3 Å². The van der Waals surface area contributed by atoms with Crippen LogP contribution in [0.4, 0.5) is 0 Å². The molecule has 3 N–H and O–H groups in total. The van der Waals surface area contributed by atoms with Crippen molar-refractivity contribution in [1.82, 2.24) is 0 Å². The second-order valence-electron chi connectivity index (χ2n) is 2.78. The molecule has 12 heavy (non-hydrogen) atoms. The van der Waals surface area contributed by atoms with Gasteiger partial charge in [-0.05, 0) is 0 Å². The summed E-state index contributed by atoms with van der Waals surface area (Å²) in [6, 6.07) is 7.63. The van der Waals surface area contributed by atoms with E-state index in [9.17, 15) is 0 Å². The summed E-state index contributed by atoms with van der Waals surface area (Å²) < 4.78 is 1.29. The van der Waals surface area contributed by atoms with Gasteiger partial charge in [0.1, 0.15) is 0 Å². The van der Waals surface area contributed by atoms with Gasteiger partial charge in [-0.1, -0.05) is 0 Å². The molecule has 1 atom stereocenters. The Hall–Kier alpha value is -0.501. The number of benzene rings is 1. The fourth-order valence-corrected chi connectivity index (χ4v) is 2.41. The van der Waals surface area contributed by atoms with Crippen LogP contribution < -0.4 is 10.2 Å². The van der Waals surface area contributed by atoms with Crippen molar-refractivity contribution in [3.8, 4) is 5.75 Å². The molecule has 0 aliphatic heterocycles. The molecular formula is C9H13NOSe. The first-order chi connectivity index (χ1) is 5.68. The summed E-state index contributed by atoms with van der Waals surface area (Å²) >= 11 is 0.446. The molecule has 0 radical (unpaired) electrons. The summed E-state index contributed by atoms with van der Waals surface area (Å²) in [5, 5.41) is 10.1. The van der Waals surface area contributed by atoms with Crippen LogP contribution >= 0.6 is 0 Å². The van der Waals surface area contributed by atoms with Crippen LogP contribution in [0.25, 0.3) is 0 Å². The van der Waals surface area contributed by atoms with Gasteiger partial charge >= 0.3 is 78.6 Å². The predicted octanol–water partition coefficient (Wildman–Crippen LogP) is 0.487. The molecule has 1 rings (SSSR count). The molecule has 1 aromatic rings. The number of nitrogens with two attached hydrogens (primary N) is 1. The van der Waals surface area contributed by atoms with Crippen molar-refractivity contribution in [2.75, 3.05) is 0 Å². The molecule has 1 aromatic carbocycles. The molecule has 0 amide bonds. The van der Waals surface area contributed by atoms with Gasteiger partial charge in [0.25, 0.3) is 0 Å². The first-order valence-electron chi connectivity index (χ1n) is 3.86. The maximum absolute atomic E-state index is 9.02. The van der Waals surface area contributed by atoms with E-state index >= 15 is 0 Å². The molecule has 0 aliphatic carbocycles. The van der Waals surface area contributed by atoms with Crippen molar-refractivity contribution in [1.29, 1.82) is 0 Å². The molecule has 0 aliphatic rings. The molecule has 0 saturated carbocycles. The SMILES string of the molecule is CC(N)C[Se]c1ccc(O)cc1. The van der Waals surface area contributed by atoms with Crippen molar-refractivity contribution in [3.05, 3.63) is 24.3 Å². The second kappa shape index (κ2) is 4.51. The molecule has 0 aromatic heterocycles. The van der Waals surface area contributed by atoms with Crippen molar-refractivity contribution in [2.45, 2.75) is 18.3 Å². The van der Waals surface area contributed by atoms with Crippen LogP contribution in [0.3, 0.4) is 0 Å². The average molecular weight is 230 g/mol. The van der Waals surface area contributed by atoms with E-state index in [4.69, 9.17) is 10.8 Å². The van der Waals surface area contributed by atoms with Gasteiger partial charge < -0.3 is 0 Å². The number of hydrogen-bond acceptors (Lipinski definition) is 2. The molecule has 1 unspecified atom stereocenters. The molecule has 3 heteroatoms. The number of hydrogen-bond donors (Lipinski definition) is 2. The van der Waals surface area contributed by atoms with Crippen LogP contribution in [0, 0.1) is 0 Å². The van der Waals surface area contributed by atoms with E-state index in [1.165, 1.54) is 4.46 Å². The van der Waals surface area contributed by atoms with Crippen LogP contribution in [0.5, 0.6) is 5.75 Å². The topological polar surface area (TPSA) is 46.2 Å². The van der Waals surface area contributed by atoms with Crippen LogP contribution in [-0.4, -0.2) is 26.1 Å². The molecule has 0 saturated heterocycles. The molecule has 0 heterocycles. The van der Waals surface area contributed by atoms with Gasteiger partial charge in [-0.15, -0.1) is 0 Å². The third-order valence-electron chi connectivity index (χ3n) is 1.35. The summed E-state index contributed by atoms with van der Waals surface area (Å²) in [5.41, 5.74) is 5.64. The van der Waals surface area contributed by atoms with Gasteiger partial charge in [-0.25, -0.2) is 0 Å². The average Bonchev–Trinajstić information content (AvgIpc) is 2.03. The van der Waals surface area contributed by atoms with Gasteiger partial charge in [0, 0.05) is 0 Å².